The van der Waals surface area contributed by atoms with Crippen LogP contribution in [-0.2, 0) is 22.9 Å². The number of halogens is 3. The number of methoxy groups -OCH3 is 1. The lowest BCUT2D eigenvalue weighted by molar-refractivity contribution is -0.141. The molecule has 0 unspecified atom stereocenters. The van der Waals surface area contributed by atoms with E-state index in [-0.39, 0.29) is 0 Å². The Labute approximate surface area is 97.8 Å². The molecule has 0 N–H and O–H groups in total. The molecule has 0 aromatic carbocycles. The normalized spacial score (nSPS) is 18.2. The quantitative estimate of drug-likeness (QED) is 0.815. The fourth-order valence-electron chi connectivity index (χ4n) is 1.85. The number of ether oxygens (including phenoxy) is 1. The van der Waals surface area contributed by atoms with Crippen molar-refractivity contribution in [2.24, 2.45) is 0 Å². The highest BCUT2D eigenvalue weighted by atomic mass is 19.4. The Morgan fingerprint density at radius 3 is 2.41 bits per heavy atom. The maximum absolute atomic E-state index is 12.7. The first-order valence-electron chi connectivity index (χ1n) is 5.55. The molecule has 1 heterocycles. The lowest BCUT2D eigenvalue weighted by atomic mass is 10.1. The molecule has 17 heavy (non-hydrogen) atoms. The maximum atomic E-state index is 12.7. The second-order valence-corrected chi connectivity index (χ2v) is 4.30. The van der Waals surface area contributed by atoms with E-state index in [9.17, 15) is 13.2 Å². The molecule has 5 heteroatoms. The van der Waals surface area contributed by atoms with Crippen LogP contribution in [0.5, 0.6) is 0 Å². The summed E-state index contributed by atoms with van der Waals surface area (Å²) in [6.07, 6.45) is -2.37. The minimum atomic E-state index is -4.40. The van der Waals surface area contributed by atoms with Gasteiger partial charge in [-0.15, -0.1) is 0 Å². The number of aryl methyl sites for hydroxylation is 1. The van der Waals surface area contributed by atoms with Crippen molar-refractivity contribution in [3.63, 3.8) is 0 Å². The standard InChI is InChI=1S/C12H14F3NO/c1-3-8-6-9(11(17-2)4-5-11)16-10(7-8)12(13,14)15/h6-7H,3-5H2,1-2H3. The number of aromatic nitrogens is 1. The van der Waals surface area contributed by atoms with Crippen molar-refractivity contribution >= 4 is 0 Å². The van der Waals surface area contributed by atoms with Crippen molar-refractivity contribution in [1.29, 1.82) is 0 Å². The zero-order valence-corrected chi connectivity index (χ0v) is 9.77. The second kappa shape index (κ2) is 3.98. The third kappa shape index (κ3) is 2.29. The molecule has 0 saturated heterocycles. The Morgan fingerprint density at radius 2 is 2.00 bits per heavy atom. The number of alkyl halides is 3. The minimum Gasteiger partial charge on any atom is -0.372 e. The summed E-state index contributed by atoms with van der Waals surface area (Å²) in [5, 5.41) is 0. The second-order valence-electron chi connectivity index (χ2n) is 4.30. The lowest BCUT2D eigenvalue weighted by Crippen LogP contribution is -2.17. The highest BCUT2D eigenvalue weighted by molar-refractivity contribution is 5.29. The third-order valence-electron chi connectivity index (χ3n) is 3.15. The molecule has 0 aliphatic heterocycles. The van der Waals surface area contributed by atoms with Crippen LogP contribution < -0.4 is 0 Å². The average Bonchev–Trinajstić information content (AvgIpc) is 3.08. The molecule has 1 aliphatic rings. The average molecular weight is 245 g/mol. The molecular formula is C12H14F3NO. The highest BCUT2D eigenvalue weighted by Gasteiger charge is 2.47. The van der Waals surface area contributed by atoms with E-state index in [1.54, 1.807) is 6.07 Å². The molecule has 0 atom stereocenters. The van der Waals surface area contributed by atoms with Gasteiger partial charge < -0.3 is 4.74 Å². The molecule has 2 nitrogen and oxygen atoms in total. The summed E-state index contributed by atoms with van der Waals surface area (Å²) in [5.74, 6) is 0. The van der Waals surface area contributed by atoms with E-state index >= 15 is 0 Å². The van der Waals surface area contributed by atoms with E-state index in [0.717, 1.165) is 18.9 Å². The van der Waals surface area contributed by atoms with Crippen molar-refractivity contribution in [1.82, 2.24) is 4.98 Å². The molecule has 94 valence electrons. The van der Waals surface area contributed by atoms with Gasteiger partial charge in [-0.25, -0.2) is 4.98 Å². The van der Waals surface area contributed by atoms with Gasteiger partial charge in [0.25, 0.3) is 0 Å². The minimum absolute atomic E-state index is 0.409. The fourth-order valence-corrected chi connectivity index (χ4v) is 1.85. The zero-order chi connectivity index (χ0) is 12.7. The van der Waals surface area contributed by atoms with Crippen molar-refractivity contribution in [2.45, 2.75) is 38.0 Å². The van der Waals surface area contributed by atoms with Crippen LogP contribution in [-0.4, -0.2) is 12.1 Å². The molecule has 1 fully saturated rings. The van der Waals surface area contributed by atoms with Gasteiger partial charge in [0.2, 0.25) is 0 Å². The van der Waals surface area contributed by atoms with Gasteiger partial charge in [0.15, 0.2) is 0 Å². The van der Waals surface area contributed by atoms with Crippen LogP contribution in [0.15, 0.2) is 12.1 Å². The Hall–Kier alpha value is -1.10. The van der Waals surface area contributed by atoms with Crippen LogP contribution in [0.4, 0.5) is 13.2 Å². The van der Waals surface area contributed by atoms with Crippen molar-refractivity contribution < 1.29 is 17.9 Å². The molecule has 0 amide bonds. The third-order valence-corrected chi connectivity index (χ3v) is 3.15. The van der Waals surface area contributed by atoms with Crippen LogP contribution in [0, 0.1) is 0 Å². The predicted octanol–water partition coefficient (Wildman–Crippen LogP) is 3.30. The number of pyridine rings is 1. The first-order chi connectivity index (χ1) is 7.91. The molecule has 1 aromatic rings. The molecule has 2 rings (SSSR count). The SMILES string of the molecule is CCc1cc(C(F)(F)F)nc(C2(OC)CC2)c1. The smallest absolute Gasteiger partial charge is 0.372 e. The monoisotopic (exact) mass is 245 g/mol. The van der Waals surface area contributed by atoms with Gasteiger partial charge in [0.1, 0.15) is 11.3 Å². The Kier molecular flexibility index (Phi) is 2.89. The summed E-state index contributed by atoms with van der Waals surface area (Å²) in [6.45, 7) is 1.83. The van der Waals surface area contributed by atoms with E-state index < -0.39 is 17.5 Å². The first kappa shape index (κ1) is 12.4. The molecule has 0 spiro atoms. The van der Waals surface area contributed by atoms with Gasteiger partial charge >= 0.3 is 6.18 Å². The molecule has 1 aromatic heterocycles. The highest BCUT2D eigenvalue weighted by Crippen LogP contribution is 2.48. The van der Waals surface area contributed by atoms with Gasteiger partial charge in [-0.3, -0.25) is 0 Å². The van der Waals surface area contributed by atoms with E-state index in [1.807, 2.05) is 6.92 Å². The van der Waals surface area contributed by atoms with E-state index in [1.165, 1.54) is 7.11 Å². The number of hydrogen-bond acceptors (Lipinski definition) is 2. The summed E-state index contributed by atoms with van der Waals surface area (Å²) < 4.78 is 43.4. The zero-order valence-electron chi connectivity index (χ0n) is 9.77. The van der Waals surface area contributed by atoms with Gasteiger partial charge in [0, 0.05) is 7.11 Å². The summed E-state index contributed by atoms with van der Waals surface area (Å²) in [7, 11) is 1.51. The molecular weight excluding hydrogens is 231 g/mol. The molecule has 1 aliphatic carbocycles. The van der Waals surface area contributed by atoms with Crippen molar-refractivity contribution in [3.05, 3.63) is 29.1 Å². The van der Waals surface area contributed by atoms with Gasteiger partial charge in [-0.2, -0.15) is 13.2 Å². The maximum Gasteiger partial charge on any atom is 0.433 e. The van der Waals surface area contributed by atoms with E-state index in [4.69, 9.17) is 4.74 Å². The lowest BCUT2D eigenvalue weighted by Gasteiger charge is -2.16. The van der Waals surface area contributed by atoms with Crippen LogP contribution in [0.1, 0.15) is 36.7 Å². The number of nitrogens with zero attached hydrogens (tertiary/aromatic N) is 1. The Balaban J connectivity index is 2.47. The fraction of sp³-hybridized carbons (Fsp3) is 0.583. The van der Waals surface area contributed by atoms with Crippen LogP contribution >= 0.6 is 0 Å². The summed E-state index contributed by atoms with van der Waals surface area (Å²) in [4.78, 5) is 3.71. The predicted molar refractivity (Wildman–Crippen MR) is 56.5 cm³/mol. The van der Waals surface area contributed by atoms with Crippen molar-refractivity contribution in [2.75, 3.05) is 7.11 Å². The summed E-state index contributed by atoms with van der Waals surface area (Å²) in [6, 6.07) is 2.82. The van der Waals surface area contributed by atoms with Crippen LogP contribution in [0.2, 0.25) is 0 Å². The summed E-state index contributed by atoms with van der Waals surface area (Å²) in [5.41, 5.74) is -0.349. The van der Waals surface area contributed by atoms with Gasteiger partial charge in [-0.1, -0.05) is 6.92 Å². The largest absolute Gasteiger partial charge is 0.433 e. The Bertz CT molecular complexity index is 424. The van der Waals surface area contributed by atoms with E-state index in [2.05, 4.69) is 4.98 Å². The van der Waals surface area contributed by atoms with Crippen LogP contribution in [0.25, 0.3) is 0 Å². The molecule has 0 bridgehead atoms. The summed E-state index contributed by atoms with van der Waals surface area (Å²) >= 11 is 0. The van der Waals surface area contributed by atoms with Gasteiger partial charge in [-0.05, 0) is 37.0 Å². The Morgan fingerprint density at radius 1 is 1.35 bits per heavy atom. The number of rotatable bonds is 3. The van der Waals surface area contributed by atoms with E-state index in [0.29, 0.717) is 17.7 Å². The molecule has 0 radical (unpaired) electrons. The number of hydrogen-bond donors (Lipinski definition) is 0. The molecule has 1 saturated carbocycles. The van der Waals surface area contributed by atoms with Crippen LogP contribution in [0.3, 0.4) is 0 Å². The topological polar surface area (TPSA) is 22.1 Å². The van der Waals surface area contributed by atoms with Crippen molar-refractivity contribution in [3.8, 4) is 0 Å². The van der Waals surface area contributed by atoms with Gasteiger partial charge in [0.05, 0.1) is 5.69 Å². The first-order valence-corrected chi connectivity index (χ1v) is 5.55.